The SMILES string of the molecule is COc1ccc(CN(C(=O)CCCN(c2ccccc2F)S(C)(=O)=O)[C@H](C)C(=O)NC(C)(C)C)cc1. The monoisotopic (exact) mass is 521 g/mol. The van der Waals surface area contributed by atoms with Gasteiger partial charge in [-0.1, -0.05) is 24.3 Å². The van der Waals surface area contributed by atoms with E-state index in [1.54, 1.807) is 32.2 Å². The normalized spacial score (nSPS) is 12.5. The minimum atomic E-state index is -3.77. The summed E-state index contributed by atoms with van der Waals surface area (Å²) in [5, 5.41) is 2.90. The van der Waals surface area contributed by atoms with Crippen molar-refractivity contribution in [2.75, 3.05) is 24.2 Å². The van der Waals surface area contributed by atoms with E-state index in [1.165, 1.54) is 23.1 Å². The Hall–Kier alpha value is -3.14. The van der Waals surface area contributed by atoms with E-state index < -0.39 is 27.4 Å². The van der Waals surface area contributed by atoms with Gasteiger partial charge in [0, 0.05) is 25.0 Å². The second-order valence-electron chi connectivity index (χ2n) is 9.68. The number of nitrogens with zero attached hydrogens (tertiary/aromatic N) is 2. The Balaban J connectivity index is 2.20. The minimum absolute atomic E-state index is 0.0240. The third-order valence-electron chi connectivity index (χ3n) is 5.45. The molecule has 1 atom stereocenters. The summed E-state index contributed by atoms with van der Waals surface area (Å²) in [5.74, 6) is -0.607. The number of amides is 2. The Bertz CT molecular complexity index is 1150. The van der Waals surface area contributed by atoms with E-state index in [-0.39, 0.29) is 43.4 Å². The Labute approximate surface area is 213 Å². The highest BCUT2D eigenvalue weighted by Gasteiger charge is 2.29. The summed E-state index contributed by atoms with van der Waals surface area (Å²) < 4.78 is 45.1. The van der Waals surface area contributed by atoms with Crippen LogP contribution in [0.2, 0.25) is 0 Å². The molecule has 2 aromatic rings. The van der Waals surface area contributed by atoms with Crippen molar-refractivity contribution >= 4 is 27.5 Å². The van der Waals surface area contributed by atoms with E-state index in [1.807, 2.05) is 32.9 Å². The van der Waals surface area contributed by atoms with Gasteiger partial charge >= 0.3 is 0 Å². The molecule has 0 heterocycles. The molecule has 36 heavy (non-hydrogen) atoms. The predicted octanol–water partition coefficient (Wildman–Crippen LogP) is 3.71. The summed E-state index contributed by atoms with van der Waals surface area (Å²) in [5.41, 5.74) is 0.264. The highest BCUT2D eigenvalue weighted by Crippen LogP contribution is 2.22. The molecule has 2 amide bonds. The van der Waals surface area contributed by atoms with Crippen molar-refractivity contribution in [1.82, 2.24) is 10.2 Å². The molecule has 198 valence electrons. The zero-order valence-corrected chi connectivity index (χ0v) is 22.6. The fraction of sp³-hybridized carbons (Fsp3) is 0.462. The van der Waals surface area contributed by atoms with Gasteiger partial charge in [-0.2, -0.15) is 0 Å². The van der Waals surface area contributed by atoms with Crippen LogP contribution in [0.25, 0.3) is 0 Å². The van der Waals surface area contributed by atoms with Gasteiger partial charge in [-0.25, -0.2) is 12.8 Å². The molecule has 2 aromatic carbocycles. The van der Waals surface area contributed by atoms with Gasteiger partial charge in [0.1, 0.15) is 17.6 Å². The second-order valence-corrected chi connectivity index (χ2v) is 11.6. The zero-order valence-electron chi connectivity index (χ0n) is 21.7. The van der Waals surface area contributed by atoms with Crippen molar-refractivity contribution in [3.05, 3.63) is 59.9 Å². The molecule has 8 nitrogen and oxygen atoms in total. The topological polar surface area (TPSA) is 96.0 Å². The molecule has 1 N–H and O–H groups in total. The lowest BCUT2D eigenvalue weighted by Crippen LogP contribution is -2.52. The maximum atomic E-state index is 14.3. The number of sulfonamides is 1. The molecule has 0 bridgehead atoms. The van der Waals surface area contributed by atoms with Gasteiger partial charge in [0.15, 0.2) is 0 Å². The molecule has 0 fully saturated rings. The molecule has 0 saturated carbocycles. The minimum Gasteiger partial charge on any atom is -0.497 e. The Kier molecular flexibility index (Phi) is 9.86. The number of benzene rings is 2. The van der Waals surface area contributed by atoms with Crippen LogP contribution in [0.5, 0.6) is 5.75 Å². The van der Waals surface area contributed by atoms with E-state index in [4.69, 9.17) is 4.74 Å². The molecule has 0 saturated heterocycles. The largest absolute Gasteiger partial charge is 0.497 e. The number of carbonyl (C=O) groups excluding carboxylic acids is 2. The lowest BCUT2D eigenvalue weighted by Gasteiger charge is -2.32. The summed E-state index contributed by atoms with van der Waals surface area (Å²) >= 11 is 0. The number of hydrogen-bond donors (Lipinski definition) is 1. The third-order valence-corrected chi connectivity index (χ3v) is 6.63. The Morgan fingerprint density at radius 3 is 2.22 bits per heavy atom. The van der Waals surface area contributed by atoms with E-state index in [9.17, 15) is 22.4 Å². The number of methoxy groups -OCH3 is 1. The molecule has 2 rings (SSSR count). The van der Waals surface area contributed by atoms with Crippen LogP contribution in [-0.4, -0.2) is 56.6 Å². The van der Waals surface area contributed by atoms with Crippen molar-refractivity contribution in [2.45, 2.75) is 58.7 Å². The maximum absolute atomic E-state index is 14.3. The van der Waals surface area contributed by atoms with Crippen molar-refractivity contribution in [2.24, 2.45) is 0 Å². The van der Waals surface area contributed by atoms with E-state index in [2.05, 4.69) is 5.32 Å². The van der Waals surface area contributed by atoms with Crippen molar-refractivity contribution in [1.29, 1.82) is 0 Å². The first-order valence-corrected chi connectivity index (χ1v) is 13.5. The molecule has 0 aliphatic heterocycles. The smallest absolute Gasteiger partial charge is 0.242 e. The van der Waals surface area contributed by atoms with Crippen LogP contribution in [0, 0.1) is 5.82 Å². The van der Waals surface area contributed by atoms with Crippen molar-refractivity contribution < 1.29 is 27.1 Å². The number of carbonyl (C=O) groups is 2. The summed E-state index contributed by atoms with van der Waals surface area (Å²) in [6, 6.07) is 12.0. The highest BCUT2D eigenvalue weighted by atomic mass is 32.2. The van der Waals surface area contributed by atoms with Gasteiger partial charge in [0.25, 0.3) is 0 Å². The van der Waals surface area contributed by atoms with Crippen molar-refractivity contribution in [3.63, 3.8) is 0 Å². The third kappa shape index (κ3) is 8.51. The fourth-order valence-electron chi connectivity index (χ4n) is 3.62. The first-order chi connectivity index (χ1) is 16.7. The van der Waals surface area contributed by atoms with Gasteiger partial charge in [-0.15, -0.1) is 0 Å². The second kappa shape index (κ2) is 12.2. The van der Waals surface area contributed by atoms with Gasteiger partial charge in [-0.05, 0) is 63.9 Å². The van der Waals surface area contributed by atoms with Crippen LogP contribution in [0.4, 0.5) is 10.1 Å². The number of hydrogen-bond acceptors (Lipinski definition) is 5. The first-order valence-electron chi connectivity index (χ1n) is 11.7. The molecular formula is C26H36FN3O5S. The standard InChI is InChI=1S/C26H36FN3O5S/c1-19(25(32)28-26(2,3)4)29(18-20-13-15-21(35-5)16-14-20)24(31)12-9-17-30(36(6,33)34)23-11-8-7-10-22(23)27/h7-8,10-11,13-16,19H,9,12,17-18H2,1-6H3,(H,28,32)/t19-/m1/s1. The quantitative estimate of drug-likeness (QED) is 0.486. The average Bonchev–Trinajstić information content (AvgIpc) is 2.79. The lowest BCUT2D eigenvalue weighted by atomic mass is 10.1. The van der Waals surface area contributed by atoms with E-state index in [0.717, 1.165) is 16.1 Å². The molecule has 10 heteroatoms. The van der Waals surface area contributed by atoms with Crippen LogP contribution >= 0.6 is 0 Å². The van der Waals surface area contributed by atoms with Crippen LogP contribution < -0.4 is 14.4 Å². The Morgan fingerprint density at radius 2 is 1.69 bits per heavy atom. The number of anilines is 1. The van der Waals surface area contributed by atoms with E-state index in [0.29, 0.717) is 5.75 Å². The molecule has 0 aliphatic rings. The molecule has 0 aliphatic carbocycles. The number of halogens is 1. The van der Waals surface area contributed by atoms with Crippen LogP contribution in [0.1, 0.15) is 46.1 Å². The summed E-state index contributed by atoms with van der Waals surface area (Å²) in [7, 11) is -2.21. The van der Waals surface area contributed by atoms with Crippen LogP contribution in [0.3, 0.4) is 0 Å². The first kappa shape index (κ1) is 29.1. The molecular weight excluding hydrogens is 485 g/mol. The van der Waals surface area contributed by atoms with Crippen LogP contribution in [0.15, 0.2) is 48.5 Å². The van der Waals surface area contributed by atoms with Gasteiger partial charge < -0.3 is 15.0 Å². The average molecular weight is 522 g/mol. The number of rotatable bonds is 11. The zero-order chi connectivity index (χ0) is 27.1. The molecule has 0 unspecified atom stereocenters. The summed E-state index contributed by atoms with van der Waals surface area (Å²) in [6.07, 6.45) is 1.12. The predicted molar refractivity (Wildman–Crippen MR) is 139 cm³/mol. The van der Waals surface area contributed by atoms with Crippen LogP contribution in [-0.2, 0) is 26.2 Å². The van der Waals surface area contributed by atoms with Gasteiger partial charge in [-0.3, -0.25) is 13.9 Å². The maximum Gasteiger partial charge on any atom is 0.242 e. The lowest BCUT2D eigenvalue weighted by molar-refractivity contribution is -0.141. The molecule has 0 spiro atoms. The van der Waals surface area contributed by atoms with Gasteiger partial charge in [0.05, 0.1) is 19.1 Å². The summed E-state index contributed by atoms with van der Waals surface area (Å²) in [6.45, 7) is 7.33. The summed E-state index contributed by atoms with van der Waals surface area (Å²) in [4.78, 5) is 27.6. The number of ether oxygens (including phenoxy) is 1. The Morgan fingerprint density at radius 1 is 1.08 bits per heavy atom. The number of nitrogens with one attached hydrogen (secondary N) is 1. The van der Waals surface area contributed by atoms with Crippen molar-refractivity contribution in [3.8, 4) is 5.75 Å². The van der Waals surface area contributed by atoms with Gasteiger partial charge in [0.2, 0.25) is 21.8 Å². The molecule has 0 aromatic heterocycles. The fourth-order valence-corrected chi connectivity index (χ4v) is 4.59. The van der Waals surface area contributed by atoms with E-state index >= 15 is 0 Å². The number of para-hydroxylation sites is 1. The molecule has 0 radical (unpaired) electrons. The highest BCUT2D eigenvalue weighted by molar-refractivity contribution is 7.92.